The fraction of sp³-hybridized carbons (Fsp3) is 0.655. The first kappa shape index (κ1) is 27.7. The molecule has 6 heterocycles. The molecule has 2 aromatic rings. The fourth-order valence-electron chi connectivity index (χ4n) is 6.81. The predicted octanol–water partition coefficient (Wildman–Crippen LogP) is 3.61. The van der Waals surface area contributed by atoms with Gasteiger partial charge in [0.15, 0.2) is 11.5 Å². The number of piperidine rings is 2. The van der Waals surface area contributed by atoms with Gasteiger partial charge in [0.1, 0.15) is 18.0 Å². The van der Waals surface area contributed by atoms with Crippen molar-refractivity contribution in [1.29, 1.82) is 0 Å². The Kier molecular flexibility index (Phi) is 7.76. The van der Waals surface area contributed by atoms with Crippen LogP contribution < -0.4 is 15.4 Å². The Hall–Kier alpha value is -3.41. The van der Waals surface area contributed by atoms with E-state index < -0.39 is 17.8 Å². The number of likely N-dealkylation sites (tertiary alicyclic amines) is 1. The zero-order valence-corrected chi connectivity index (χ0v) is 23.9. The van der Waals surface area contributed by atoms with E-state index >= 15 is 0 Å². The molecule has 3 unspecified atom stereocenters. The van der Waals surface area contributed by atoms with Gasteiger partial charge in [-0.15, -0.1) is 0 Å². The topological polar surface area (TPSA) is 113 Å². The minimum Gasteiger partial charge on any atom is -0.473 e. The van der Waals surface area contributed by atoms with Crippen molar-refractivity contribution in [2.75, 3.05) is 31.5 Å². The molecule has 2 amide bonds. The normalized spacial score (nSPS) is 27.9. The Balaban J connectivity index is 1.13. The van der Waals surface area contributed by atoms with Gasteiger partial charge in [0.25, 0.3) is 5.91 Å². The third-order valence-electron chi connectivity index (χ3n) is 8.86. The maximum Gasteiger partial charge on any atom is 0.410 e. The minimum absolute atomic E-state index is 0.0636. The second-order valence-electron chi connectivity index (χ2n) is 12.1. The van der Waals surface area contributed by atoms with Crippen LogP contribution in [0.15, 0.2) is 24.7 Å². The van der Waals surface area contributed by atoms with E-state index in [1.54, 1.807) is 0 Å². The number of aromatic nitrogens is 3. The summed E-state index contributed by atoms with van der Waals surface area (Å²) in [6.07, 6.45) is 7.18. The summed E-state index contributed by atoms with van der Waals surface area (Å²) < 4.78 is 27.2. The summed E-state index contributed by atoms with van der Waals surface area (Å²) in [7, 11) is 0. The lowest BCUT2D eigenvalue weighted by Gasteiger charge is -2.39. The number of amides is 2. The number of nitrogens with zero attached hydrogens (tertiary/aromatic N) is 5. The van der Waals surface area contributed by atoms with Crippen LogP contribution in [0.3, 0.4) is 0 Å². The zero-order valence-electron chi connectivity index (χ0n) is 23.9. The van der Waals surface area contributed by atoms with Crippen LogP contribution in [0.2, 0.25) is 0 Å². The van der Waals surface area contributed by atoms with Crippen molar-refractivity contribution >= 4 is 23.5 Å². The molecule has 0 radical (unpaired) electrons. The van der Waals surface area contributed by atoms with Gasteiger partial charge in [-0.2, -0.15) is 14.6 Å². The summed E-state index contributed by atoms with van der Waals surface area (Å²) in [5.41, 5.74) is 1.87. The number of carbonyl (C=O) groups excluding carboxylic acids is 2. The van der Waals surface area contributed by atoms with E-state index in [1.807, 2.05) is 21.7 Å². The second kappa shape index (κ2) is 11.5. The van der Waals surface area contributed by atoms with Crippen molar-refractivity contribution in [3.05, 3.63) is 30.2 Å². The molecule has 2 aromatic heterocycles. The number of anilines is 1. The highest BCUT2D eigenvalue weighted by atomic mass is 19.1. The Bertz CT molecular complexity index is 1300. The third kappa shape index (κ3) is 5.71. The molecular formula is C29H40FN7O4. The molecule has 6 rings (SSSR count). The second-order valence-corrected chi connectivity index (χ2v) is 12.1. The molecule has 222 valence electrons. The molecule has 0 spiro atoms. The highest BCUT2D eigenvalue weighted by molar-refractivity contribution is 5.90. The molecule has 4 atom stereocenters. The number of fused-ring (bicyclic) bond motifs is 3. The predicted molar refractivity (Wildman–Crippen MR) is 151 cm³/mol. The number of halogens is 1. The monoisotopic (exact) mass is 569 g/mol. The highest BCUT2D eigenvalue weighted by Crippen LogP contribution is 2.38. The minimum atomic E-state index is -0.990. The van der Waals surface area contributed by atoms with Crippen LogP contribution >= 0.6 is 0 Å². The Morgan fingerprint density at radius 1 is 1.17 bits per heavy atom. The van der Waals surface area contributed by atoms with E-state index in [0.29, 0.717) is 18.8 Å². The van der Waals surface area contributed by atoms with Crippen molar-refractivity contribution in [2.24, 2.45) is 0 Å². The summed E-state index contributed by atoms with van der Waals surface area (Å²) in [5.74, 6) is -0.0177. The van der Waals surface area contributed by atoms with E-state index in [4.69, 9.17) is 14.5 Å². The largest absolute Gasteiger partial charge is 0.473 e. The first-order valence-electron chi connectivity index (χ1n) is 14.9. The first-order valence-corrected chi connectivity index (χ1v) is 14.9. The van der Waals surface area contributed by atoms with E-state index in [-0.39, 0.29) is 42.8 Å². The summed E-state index contributed by atoms with van der Waals surface area (Å²) in [4.78, 5) is 33.2. The molecule has 11 nitrogen and oxygen atoms in total. The van der Waals surface area contributed by atoms with Gasteiger partial charge in [0.05, 0.1) is 12.7 Å². The molecule has 41 heavy (non-hydrogen) atoms. The standard InChI is InChI=1S/C29H40FN7O4/c1-17(2)24-15-32-37-25(13-26(34-27(24)37)40-22-5-4-9-31-14-22)33-19-11-20-6-7-21(12-19)36(20)29(39)41-23-8-10-35(16-23)28(38)18(3)30/h13,15,17,19-23,31,33H,3-12,14,16H2,1-2H3/t19?,20?,21?,22-,23?/m1/s1. The maximum atomic E-state index is 13.3. The molecule has 4 fully saturated rings. The van der Waals surface area contributed by atoms with Gasteiger partial charge in [-0.1, -0.05) is 20.4 Å². The van der Waals surface area contributed by atoms with Gasteiger partial charge < -0.3 is 29.9 Å². The van der Waals surface area contributed by atoms with E-state index in [0.717, 1.165) is 68.6 Å². The van der Waals surface area contributed by atoms with Crippen LogP contribution in [-0.2, 0) is 9.53 Å². The zero-order chi connectivity index (χ0) is 28.7. The van der Waals surface area contributed by atoms with Crippen molar-refractivity contribution in [3.8, 4) is 5.88 Å². The van der Waals surface area contributed by atoms with Crippen molar-refractivity contribution in [3.63, 3.8) is 0 Å². The smallest absolute Gasteiger partial charge is 0.410 e. The molecular weight excluding hydrogens is 529 g/mol. The molecule has 2 bridgehead atoms. The van der Waals surface area contributed by atoms with Crippen LogP contribution in [0, 0.1) is 0 Å². The van der Waals surface area contributed by atoms with Crippen LogP contribution in [0.4, 0.5) is 15.0 Å². The van der Waals surface area contributed by atoms with Crippen molar-refractivity contribution in [2.45, 2.75) is 95.0 Å². The van der Waals surface area contributed by atoms with Crippen molar-refractivity contribution in [1.82, 2.24) is 29.7 Å². The van der Waals surface area contributed by atoms with E-state index in [1.165, 1.54) is 4.90 Å². The van der Waals surface area contributed by atoms with Crippen LogP contribution in [0.25, 0.3) is 5.65 Å². The quantitative estimate of drug-likeness (QED) is 0.487. The van der Waals surface area contributed by atoms with Gasteiger partial charge >= 0.3 is 6.09 Å². The maximum absolute atomic E-state index is 13.3. The molecule has 0 aromatic carbocycles. The molecule has 4 aliphatic rings. The van der Waals surface area contributed by atoms with E-state index in [2.05, 4.69) is 36.2 Å². The van der Waals surface area contributed by atoms with Gasteiger partial charge in [0, 0.05) is 49.3 Å². The number of carbonyl (C=O) groups is 2. The molecule has 12 heteroatoms. The number of hydrogen-bond donors (Lipinski definition) is 2. The number of ether oxygens (including phenoxy) is 2. The fourth-order valence-corrected chi connectivity index (χ4v) is 6.81. The SMILES string of the molecule is C=C(F)C(=O)N1CCC(OC(=O)N2C3CCC2CC(Nc2cc(O[C@@H]4CCCNC4)nc4c(C(C)C)cnn24)C3)C1. The highest BCUT2D eigenvalue weighted by Gasteiger charge is 2.45. The molecule has 0 saturated carbocycles. The summed E-state index contributed by atoms with van der Waals surface area (Å²) in [6, 6.07) is 2.22. The van der Waals surface area contributed by atoms with Gasteiger partial charge in [0.2, 0.25) is 5.88 Å². The summed E-state index contributed by atoms with van der Waals surface area (Å²) >= 11 is 0. The Labute approximate surface area is 239 Å². The van der Waals surface area contributed by atoms with Gasteiger partial charge in [-0.05, 0) is 51.0 Å². The van der Waals surface area contributed by atoms with Gasteiger partial charge in [-0.3, -0.25) is 4.79 Å². The van der Waals surface area contributed by atoms with Gasteiger partial charge in [-0.25, -0.2) is 9.18 Å². The number of nitrogens with one attached hydrogen (secondary N) is 2. The molecule has 4 aliphatic heterocycles. The van der Waals surface area contributed by atoms with Crippen molar-refractivity contribution < 1.29 is 23.5 Å². The average Bonchev–Trinajstić information content (AvgIpc) is 3.65. The molecule has 0 aliphatic carbocycles. The average molecular weight is 570 g/mol. The lowest BCUT2D eigenvalue weighted by Crippen LogP contribution is -2.50. The summed E-state index contributed by atoms with van der Waals surface area (Å²) in [5, 5.41) is 11.8. The lowest BCUT2D eigenvalue weighted by molar-refractivity contribution is -0.128. The Morgan fingerprint density at radius 3 is 2.63 bits per heavy atom. The molecule has 4 saturated heterocycles. The Morgan fingerprint density at radius 2 is 1.95 bits per heavy atom. The number of hydrogen-bond acceptors (Lipinski definition) is 8. The van der Waals surface area contributed by atoms with Crippen LogP contribution in [0.1, 0.15) is 70.3 Å². The van der Waals surface area contributed by atoms with Crippen LogP contribution in [0.5, 0.6) is 5.88 Å². The first-order chi connectivity index (χ1) is 19.8. The lowest BCUT2D eigenvalue weighted by atomic mass is 9.98. The van der Waals surface area contributed by atoms with E-state index in [9.17, 15) is 14.0 Å². The third-order valence-corrected chi connectivity index (χ3v) is 8.86. The van der Waals surface area contributed by atoms with Crippen LogP contribution in [-0.4, -0.2) is 92.9 Å². The molecule has 2 N–H and O–H groups in total. The summed E-state index contributed by atoms with van der Waals surface area (Å²) in [6.45, 7) is 9.73. The number of rotatable bonds is 7.